The van der Waals surface area contributed by atoms with Crippen LogP contribution in [0.1, 0.15) is 18.4 Å². The predicted molar refractivity (Wildman–Crippen MR) is 84.0 cm³/mol. The van der Waals surface area contributed by atoms with Crippen LogP contribution in [0.5, 0.6) is 0 Å². The van der Waals surface area contributed by atoms with Crippen molar-refractivity contribution in [3.8, 4) is 0 Å². The molecular weight excluding hydrogens is 260 g/mol. The average molecular weight is 280 g/mol. The van der Waals surface area contributed by atoms with Crippen LogP contribution in [0.4, 0.5) is 0 Å². The first-order valence-electron chi connectivity index (χ1n) is 7.68. The zero-order valence-electron chi connectivity index (χ0n) is 12.1. The van der Waals surface area contributed by atoms with Gasteiger partial charge in [-0.1, -0.05) is 12.1 Å². The molecule has 0 saturated heterocycles. The highest BCUT2D eigenvalue weighted by atomic mass is 15.3. The Bertz CT molecular complexity index is 722. The van der Waals surface area contributed by atoms with Crippen molar-refractivity contribution in [1.29, 1.82) is 0 Å². The van der Waals surface area contributed by atoms with Crippen LogP contribution >= 0.6 is 0 Å². The minimum atomic E-state index is 0.752. The average Bonchev–Trinajstić information content (AvgIpc) is 3.01. The lowest BCUT2D eigenvalue weighted by Gasteiger charge is -2.08. The molecule has 4 heteroatoms. The van der Waals surface area contributed by atoms with Gasteiger partial charge in [0, 0.05) is 48.6 Å². The van der Waals surface area contributed by atoms with Gasteiger partial charge in [-0.3, -0.25) is 4.68 Å². The van der Waals surface area contributed by atoms with E-state index in [9.17, 15) is 0 Å². The van der Waals surface area contributed by atoms with E-state index in [4.69, 9.17) is 0 Å². The molecule has 2 aromatic heterocycles. The van der Waals surface area contributed by atoms with Crippen LogP contribution in [0.25, 0.3) is 10.9 Å². The van der Waals surface area contributed by atoms with Gasteiger partial charge in [-0.05, 0) is 36.6 Å². The topological polar surface area (TPSA) is 34.8 Å². The number of hydrogen-bond donors (Lipinski definition) is 1. The van der Waals surface area contributed by atoms with Gasteiger partial charge in [0.15, 0.2) is 0 Å². The van der Waals surface area contributed by atoms with Crippen LogP contribution in [-0.2, 0) is 19.6 Å². The van der Waals surface area contributed by atoms with Crippen LogP contribution < -0.4 is 5.32 Å². The number of aromatic nitrogens is 3. The fraction of sp³-hybridized carbons (Fsp3) is 0.353. The standard InChI is InChI=1S/C17H20N4/c1-3-14(13-18-15-5-6-15)16-7-10-20(17(16)4-1)11-12-21-9-2-8-19-21/h1-4,7-10,15,18H,5-6,11-13H2. The third-order valence-electron chi connectivity index (χ3n) is 4.19. The fourth-order valence-electron chi connectivity index (χ4n) is 2.82. The predicted octanol–water partition coefficient (Wildman–Crippen LogP) is 2.79. The van der Waals surface area contributed by atoms with Gasteiger partial charge < -0.3 is 9.88 Å². The normalized spacial score (nSPS) is 14.9. The largest absolute Gasteiger partial charge is 0.346 e. The summed E-state index contributed by atoms with van der Waals surface area (Å²) in [6.07, 6.45) is 8.70. The zero-order chi connectivity index (χ0) is 14.1. The van der Waals surface area contributed by atoms with E-state index in [1.165, 1.54) is 29.3 Å². The van der Waals surface area contributed by atoms with Gasteiger partial charge in [0.1, 0.15) is 0 Å². The summed E-state index contributed by atoms with van der Waals surface area (Å²) < 4.78 is 4.29. The Morgan fingerprint density at radius 1 is 1.10 bits per heavy atom. The summed E-state index contributed by atoms with van der Waals surface area (Å²) in [5.41, 5.74) is 2.72. The maximum absolute atomic E-state index is 4.26. The molecule has 1 aliphatic rings. The summed E-state index contributed by atoms with van der Waals surface area (Å²) in [4.78, 5) is 0. The second kappa shape index (κ2) is 5.37. The van der Waals surface area contributed by atoms with Gasteiger partial charge in [-0.25, -0.2) is 0 Å². The monoisotopic (exact) mass is 280 g/mol. The Morgan fingerprint density at radius 3 is 2.86 bits per heavy atom. The molecule has 4 rings (SSSR count). The second-order valence-corrected chi connectivity index (χ2v) is 5.78. The summed E-state index contributed by atoms with van der Waals surface area (Å²) in [6.45, 7) is 2.83. The van der Waals surface area contributed by atoms with Crippen molar-refractivity contribution in [2.45, 2.75) is 38.5 Å². The molecule has 21 heavy (non-hydrogen) atoms. The van der Waals surface area contributed by atoms with Crippen LogP contribution in [0.3, 0.4) is 0 Å². The smallest absolute Gasteiger partial charge is 0.0588 e. The van der Waals surface area contributed by atoms with Gasteiger partial charge in [0.25, 0.3) is 0 Å². The van der Waals surface area contributed by atoms with E-state index in [0.717, 1.165) is 25.7 Å². The molecule has 0 atom stereocenters. The molecule has 0 radical (unpaired) electrons. The number of rotatable bonds is 6. The number of fused-ring (bicyclic) bond motifs is 1. The molecule has 1 aromatic carbocycles. The van der Waals surface area contributed by atoms with Gasteiger partial charge in [0.05, 0.1) is 6.54 Å². The third-order valence-corrected chi connectivity index (χ3v) is 4.19. The van der Waals surface area contributed by atoms with Crippen molar-refractivity contribution in [2.75, 3.05) is 0 Å². The molecule has 2 heterocycles. The first kappa shape index (κ1) is 12.7. The van der Waals surface area contributed by atoms with E-state index in [1.54, 1.807) is 0 Å². The molecular formula is C17H20N4. The lowest BCUT2D eigenvalue weighted by atomic mass is 10.1. The highest BCUT2D eigenvalue weighted by molar-refractivity contribution is 5.83. The van der Waals surface area contributed by atoms with Crippen molar-refractivity contribution in [1.82, 2.24) is 19.7 Å². The summed E-state index contributed by atoms with van der Waals surface area (Å²) in [5, 5.41) is 9.23. The van der Waals surface area contributed by atoms with E-state index in [1.807, 2.05) is 23.1 Å². The molecule has 108 valence electrons. The number of hydrogen-bond acceptors (Lipinski definition) is 2. The van der Waals surface area contributed by atoms with Crippen molar-refractivity contribution in [2.24, 2.45) is 0 Å². The molecule has 3 aromatic rings. The molecule has 0 unspecified atom stereocenters. The Balaban J connectivity index is 1.54. The van der Waals surface area contributed by atoms with Crippen LogP contribution in [0.2, 0.25) is 0 Å². The quantitative estimate of drug-likeness (QED) is 0.753. The Labute approximate surface area is 124 Å². The molecule has 0 aliphatic heterocycles. The molecule has 1 N–H and O–H groups in total. The highest BCUT2D eigenvalue weighted by Crippen LogP contribution is 2.23. The van der Waals surface area contributed by atoms with Crippen molar-refractivity contribution in [3.63, 3.8) is 0 Å². The summed E-state index contributed by atoms with van der Waals surface area (Å²) in [6, 6.07) is 11.6. The van der Waals surface area contributed by atoms with E-state index in [-0.39, 0.29) is 0 Å². The van der Waals surface area contributed by atoms with Crippen molar-refractivity contribution in [3.05, 3.63) is 54.5 Å². The van der Waals surface area contributed by atoms with Crippen LogP contribution in [0, 0.1) is 0 Å². The molecule has 0 amide bonds. The van der Waals surface area contributed by atoms with Crippen LogP contribution in [0.15, 0.2) is 48.9 Å². The number of benzene rings is 1. The SMILES string of the molecule is c1cc(CNC2CC2)c2ccn(CCn3cccn3)c2c1. The van der Waals surface area contributed by atoms with E-state index < -0.39 is 0 Å². The van der Waals surface area contributed by atoms with Gasteiger partial charge >= 0.3 is 0 Å². The van der Waals surface area contributed by atoms with Crippen molar-refractivity contribution < 1.29 is 0 Å². The van der Waals surface area contributed by atoms with Gasteiger partial charge in [-0.2, -0.15) is 5.10 Å². The fourth-order valence-corrected chi connectivity index (χ4v) is 2.82. The molecule has 4 nitrogen and oxygen atoms in total. The molecule has 1 saturated carbocycles. The highest BCUT2D eigenvalue weighted by Gasteiger charge is 2.20. The Morgan fingerprint density at radius 2 is 2.05 bits per heavy atom. The second-order valence-electron chi connectivity index (χ2n) is 5.78. The number of aryl methyl sites for hydroxylation is 2. The van der Waals surface area contributed by atoms with Crippen LogP contribution in [-0.4, -0.2) is 20.4 Å². The number of nitrogens with one attached hydrogen (secondary N) is 1. The minimum absolute atomic E-state index is 0.752. The first-order chi connectivity index (χ1) is 10.4. The molecule has 1 aliphatic carbocycles. The summed E-state index contributed by atoms with van der Waals surface area (Å²) >= 11 is 0. The van der Waals surface area contributed by atoms with Gasteiger partial charge in [0.2, 0.25) is 0 Å². The molecule has 0 spiro atoms. The van der Waals surface area contributed by atoms with Crippen molar-refractivity contribution >= 4 is 10.9 Å². The van der Waals surface area contributed by atoms with E-state index >= 15 is 0 Å². The first-order valence-corrected chi connectivity index (χ1v) is 7.68. The Kier molecular flexibility index (Phi) is 3.24. The maximum Gasteiger partial charge on any atom is 0.0588 e. The lowest BCUT2D eigenvalue weighted by Crippen LogP contribution is -2.15. The lowest BCUT2D eigenvalue weighted by molar-refractivity contribution is 0.543. The minimum Gasteiger partial charge on any atom is -0.346 e. The maximum atomic E-state index is 4.26. The number of nitrogens with zero attached hydrogens (tertiary/aromatic N) is 3. The molecule has 1 fully saturated rings. The summed E-state index contributed by atoms with van der Waals surface area (Å²) in [7, 11) is 0. The third kappa shape index (κ3) is 2.72. The summed E-state index contributed by atoms with van der Waals surface area (Å²) in [5.74, 6) is 0. The Hall–Kier alpha value is -2.07. The zero-order valence-corrected chi connectivity index (χ0v) is 12.1. The molecule has 0 bridgehead atoms. The van der Waals surface area contributed by atoms with Gasteiger partial charge in [-0.15, -0.1) is 0 Å². The van der Waals surface area contributed by atoms with E-state index in [2.05, 4.69) is 45.4 Å². The van der Waals surface area contributed by atoms with E-state index in [0.29, 0.717) is 0 Å².